The van der Waals surface area contributed by atoms with Gasteiger partial charge in [0.05, 0.1) is 12.5 Å². The standard InChI is InChI=1S/C16H23N3O2/c20-16(18-4-1-2-5-18)19-10-14-7-15(19)11-17(9-14)8-13-3-6-21-12-13/h3,6,12,14-15H,1-2,4-5,7-11H2. The lowest BCUT2D eigenvalue weighted by molar-refractivity contribution is 0.137. The Hall–Kier alpha value is -1.49. The van der Waals surface area contributed by atoms with Crippen LogP contribution < -0.4 is 0 Å². The van der Waals surface area contributed by atoms with E-state index in [0.29, 0.717) is 12.0 Å². The molecule has 4 heterocycles. The van der Waals surface area contributed by atoms with Gasteiger partial charge in [0.1, 0.15) is 0 Å². The van der Waals surface area contributed by atoms with Gasteiger partial charge in [0.15, 0.2) is 0 Å². The molecule has 3 fully saturated rings. The van der Waals surface area contributed by atoms with Gasteiger partial charge in [-0.25, -0.2) is 4.79 Å². The average molecular weight is 289 g/mol. The van der Waals surface area contributed by atoms with E-state index in [1.165, 1.54) is 24.8 Å². The SMILES string of the molecule is O=C(N1CCCC1)N1CC2CC1CN(Cc1ccoc1)C2. The Bertz CT molecular complexity index is 496. The number of carbonyl (C=O) groups is 1. The van der Waals surface area contributed by atoms with Crippen LogP contribution in [-0.4, -0.2) is 59.5 Å². The molecule has 0 radical (unpaired) electrons. The lowest BCUT2D eigenvalue weighted by Crippen LogP contribution is -2.47. The van der Waals surface area contributed by atoms with Crippen LogP contribution in [0.3, 0.4) is 0 Å². The minimum absolute atomic E-state index is 0.283. The fourth-order valence-corrected chi connectivity index (χ4v) is 4.15. The normalized spacial score (nSPS) is 29.3. The molecule has 3 aliphatic heterocycles. The first-order valence-electron chi connectivity index (χ1n) is 8.08. The van der Waals surface area contributed by atoms with E-state index in [4.69, 9.17) is 4.42 Å². The predicted molar refractivity (Wildman–Crippen MR) is 78.8 cm³/mol. The summed E-state index contributed by atoms with van der Waals surface area (Å²) in [5, 5.41) is 0. The number of amides is 2. The van der Waals surface area contributed by atoms with Crippen molar-refractivity contribution in [2.45, 2.75) is 31.8 Å². The van der Waals surface area contributed by atoms with Gasteiger partial charge in [-0.05, 0) is 31.2 Å². The summed E-state index contributed by atoms with van der Waals surface area (Å²) in [5.74, 6) is 0.641. The van der Waals surface area contributed by atoms with Crippen LogP contribution in [0, 0.1) is 5.92 Å². The van der Waals surface area contributed by atoms with E-state index in [9.17, 15) is 4.79 Å². The molecule has 2 bridgehead atoms. The van der Waals surface area contributed by atoms with E-state index in [-0.39, 0.29) is 6.03 Å². The van der Waals surface area contributed by atoms with Crippen molar-refractivity contribution in [2.75, 3.05) is 32.7 Å². The van der Waals surface area contributed by atoms with Crippen molar-refractivity contribution in [1.82, 2.24) is 14.7 Å². The predicted octanol–water partition coefficient (Wildman–Crippen LogP) is 2.00. The highest BCUT2D eigenvalue weighted by atomic mass is 16.3. The molecule has 4 rings (SSSR count). The molecule has 5 heteroatoms. The summed E-state index contributed by atoms with van der Waals surface area (Å²) >= 11 is 0. The van der Waals surface area contributed by atoms with Crippen LogP contribution in [0.1, 0.15) is 24.8 Å². The Morgan fingerprint density at radius 1 is 1.24 bits per heavy atom. The molecule has 2 unspecified atom stereocenters. The molecule has 3 aliphatic rings. The number of hydrogen-bond donors (Lipinski definition) is 0. The number of urea groups is 1. The Morgan fingerprint density at radius 2 is 2.10 bits per heavy atom. The molecule has 2 amide bonds. The number of fused-ring (bicyclic) bond motifs is 2. The summed E-state index contributed by atoms with van der Waals surface area (Å²) in [6, 6.07) is 2.72. The van der Waals surface area contributed by atoms with Crippen LogP contribution in [0.25, 0.3) is 0 Å². The number of furan rings is 1. The van der Waals surface area contributed by atoms with Crippen molar-refractivity contribution >= 4 is 6.03 Å². The molecule has 0 aliphatic carbocycles. The maximum atomic E-state index is 12.6. The van der Waals surface area contributed by atoms with E-state index in [1.54, 1.807) is 6.26 Å². The third-order valence-electron chi connectivity index (χ3n) is 5.09. The Morgan fingerprint density at radius 3 is 2.86 bits per heavy atom. The minimum Gasteiger partial charge on any atom is -0.472 e. The lowest BCUT2D eigenvalue weighted by atomic mass is 10.00. The van der Waals surface area contributed by atoms with Crippen LogP contribution >= 0.6 is 0 Å². The molecule has 0 N–H and O–H groups in total. The summed E-state index contributed by atoms with van der Waals surface area (Å²) < 4.78 is 5.15. The molecule has 21 heavy (non-hydrogen) atoms. The summed E-state index contributed by atoms with van der Waals surface area (Å²) in [5.41, 5.74) is 1.23. The molecular weight excluding hydrogens is 266 g/mol. The zero-order valence-corrected chi connectivity index (χ0v) is 12.4. The number of likely N-dealkylation sites (tertiary alicyclic amines) is 3. The molecule has 5 nitrogen and oxygen atoms in total. The van der Waals surface area contributed by atoms with Gasteiger partial charge in [-0.15, -0.1) is 0 Å². The average Bonchev–Trinajstić information content (AvgIpc) is 3.19. The van der Waals surface area contributed by atoms with Crippen molar-refractivity contribution in [3.63, 3.8) is 0 Å². The highest BCUT2D eigenvalue weighted by molar-refractivity contribution is 5.75. The lowest BCUT2D eigenvalue weighted by Gasteiger charge is -2.33. The van der Waals surface area contributed by atoms with Gasteiger partial charge in [0, 0.05) is 50.9 Å². The van der Waals surface area contributed by atoms with Crippen molar-refractivity contribution in [2.24, 2.45) is 5.92 Å². The van der Waals surface area contributed by atoms with Gasteiger partial charge < -0.3 is 14.2 Å². The summed E-state index contributed by atoms with van der Waals surface area (Å²) in [4.78, 5) is 19.3. The second-order valence-corrected chi connectivity index (χ2v) is 6.71. The summed E-state index contributed by atoms with van der Waals surface area (Å²) in [7, 11) is 0. The Balaban J connectivity index is 1.41. The van der Waals surface area contributed by atoms with E-state index in [2.05, 4.69) is 9.80 Å². The highest BCUT2D eigenvalue weighted by Crippen LogP contribution is 2.31. The summed E-state index contributed by atoms with van der Waals surface area (Å²) in [6.07, 6.45) is 7.07. The van der Waals surface area contributed by atoms with Crippen molar-refractivity contribution in [3.05, 3.63) is 24.2 Å². The molecule has 114 valence electrons. The maximum Gasteiger partial charge on any atom is 0.320 e. The van der Waals surface area contributed by atoms with Crippen LogP contribution in [0.5, 0.6) is 0 Å². The Labute approximate surface area is 125 Å². The minimum atomic E-state index is 0.283. The van der Waals surface area contributed by atoms with Crippen LogP contribution in [0.4, 0.5) is 4.79 Å². The fourth-order valence-electron chi connectivity index (χ4n) is 4.15. The second kappa shape index (κ2) is 5.37. The number of hydrogen-bond acceptors (Lipinski definition) is 3. The van der Waals surface area contributed by atoms with Gasteiger partial charge in [-0.1, -0.05) is 0 Å². The largest absolute Gasteiger partial charge is 0.472 e. The number of carbonyl (C=O) groups excluding carboxylic acids is 1. The zero-order chi connectivity index (χ0) is 14.2. The van der Waals surface area contributed by atoms with E-state index in [1.807, 2.05) is 17.2 Å². The number of nitrogens with zero attached hydrogens (tertiary/aromatic N) is 3. The monoisotopic (exact) mass is 289 g/mol. The first-order chi connectivity index (χ1) is 10.3. The first-order valence-corrected chi connectivity index (χ1v) is 8.08. The van der Waals surface area contributed by atoms with E-state index in [0.717, 1.165) is 39.3 Å². The quantitative estimate of drug-likeness (QED) is 0.836. The molecule has 1 aromatic rings. The first kappa shape index (κ1) is 13.2. The number of piperidine rings is 1. The van der Waals surface area contributed by atoms with Crippen LogP contribution in [-0.2, 0) is 6.54 Å². The molecule has 0 spiro atoms. The molecule has 0 saturated carbocycles. The van der Waals surface area contributed by atoms with Crippen LogP contribution in [0.15, 0.2) is 23.0 Å². The number of rotatable bonds is 2. The third kappa shape index (κ3) is 2.55. The zero-order valence-electron chi connectivity index (χ0n) is 12.4. The smallest absolute Gasteiger partial charge is 0.320 e. The topological polar surface area (TPSA) is 39.9 Å². The molecular formula is C16H23N3O2. The van der Waals surface area contributed by atoms with E-state index < -0.39 is 0 Å². The van der Waals surface area contributed by atoms with Crippen molar-refractivity contribution in [1.29, 1.82) is 0 Å². The van der Waals surface area contributed by atoms with E-state index >= 15 is 0 Å². The van der Waals surface area contributed by atoms with Crippen molar-refractivity contribution < 1.29 is 9.21 Å². The fraction of sp³-hybridized carbons (Fsp3) is 0.688. The second-order valence-electron chi connectivity index (χ2n) is 6.71. The maximum absolute atomic E-state index is 12.6. The van der Waals surface area contributed by atoms with Gasteiger partial charge in [-0.2, -0.15) is 0 Å². The van der Waals surface area contributed by atoms with Gasteiger partial charge in [-0.3, -0.25) is 4.90 Å². The highest BCUT2D eigenvalue weighted by Gasteiger charge is 2.42. The van der Waals surface area contributed by atoms with Gasteiger partial charge in [0.25, 0.3) is 0 Å². The van der Waals surface area contributed by atoms with Gasteiger partial charge in [0.2, 0.25) is 0 Å². The molecule has 2 atom stereocenters. The summed E-state index contributed by atoms with van der Waals surface area (Å²) in [6.45, 7) is 5.89. The van der Waals surface area contributed by atoms with Crippen molar-refractivity contribution in [3.8, 4) is 0 Å². The third-order valence-corrected chi connectivity index (χ3v) is 5.09. The molecule has 1 aromatic heterocycles. The van der Waals surface area contributed by atoms with Crippen LogP contribution in [0.2, 0.25) is 0 Å². The molecule has 3 saturated heterocycles. The molecule has 0 aromatic carbocycles. The Kier molecular flexibility index (Phi) is 3.37. The van der Waals surface area contributed by atoms with Gasteiger partial charge >= 0.3 is 6.03 Å².